The minimum Gasteiger partial charge on any atom is -0.494 e. The molecule has 3 aliphatic carbocycles. The molecular weight excluding hydrogens is 516 g/mol. The second-order valence-corrected chi connectivity index (χ2v) is 10.5. The van der Waals surface area contributed by atoms with Gasteiger partial charge in [0.25, 0.3) is 0 Å². The fourth-order valence-electron chi connectivity index (χ4n) is 7.10. The van der Waals surface area contributed by atoms with Crippen molar-refractivity contribution in [1.82, 2.24) is 0 Å². The highest BCUT2D eigenvalue weighted by molar-refractivity contribution is 6.25. The summed E-state index contributed by atoms with van der Waals surface area (Å²) in [7, 11) is 0. The van der Waals surface area contributed by atoms with Gasteiger partial charge >= 0.3 is 5.97 Å². The van der Waals surface area contributed by atoms with Gasteiger partial charge in [-0.25, -0.2) is 9.69 Å². The molecule has 2 atom stereocenters. The van der Waals surface area contributed by atoms with Crippen molar-refractivity contribution < 1.29 is 24.2 Å². The lowest BCUT2D eigenvalue weighted by Crippen LogP contribution is -2.54. The highest BCUT2D eigenvalue weighted by Crippen LogP contribution is 2.63. The van der Waals surface area contributed by atoms with Gasteiger partial charge in [0.15, 0.2) is 0 Å². The first kappa shape index (κ1) is 25.0. The predicted molar refractivity (Wildman–Crippen MR) is 154 cm³/mol. The predicted octanol–water partition coefficient (Wildman–Crippen LogP) is 5.74. The normalized spacial score (nSPS) is 23.8. The average Bonchev–Trinajstić information content (AvgIpc) is 3.27. The van der Waals surface area contributed by atoms with Gasteiger partial charge in [-0.2, -0.15) is 0 Å². The lowest BCUT2D eigenvalue weighted by atomic mass is 9.47. The maximum Gasteiger partial charge on any atom is 0.337 e. The summed E-state index contributed by atoms with van der Waals surface area (Å²) in [5, 5.41) is 9.80. The zero-order valence-corrected chi connectivity index (χ0v) is 22.2. The first-order chi connectivity index (χ1) is 20.0. The zero-order valence-electron chi connectivity index (χ0n) is 22.2. The summed E-state index contributed by atoms with van der Waals surface area (Å²) >= 11 is 0. The van der Waals surface area contributed by atoms with Crippen LogP contribution in [0, 0.1) is 11.8 Å². The Morgan fingerprint density at radius 3 is 2.12 bits per heavy atom. The number of imide groups is 1. The fraction of sp³-hybridized carbons (Fsp3) is 0.176. The van der Waals surface area contributed by atoms with Crippen molar-refractivity contribution in [2.24, 2.45) is 16.8 Å². The van der Waals surface area contributed by atoms with Crippen molar-refractivity contribution in [3.63, 3.8) is 0 Å². The Morgan fingerprint density at radius 1 is 0.878 bits per heavy atom. The SMILES string of the molecule is CCOc1ccc(N2C(=O)[C@@H]3C4c5ccccc5C(C=Nc5ccccc5C(=O)O)(c5ccccc54)[C@H]3C2=O)cc1. The number of benzene rings is 4. The zero-order chi connectivity index (χ0) is 28.3. The number of carbonyl (C=O) groups is 3. The van der Waals surface area contributed by atoms with E-state index in [1.54, 1.807) is 48.7 Å². The highest BCUT2D eigenvalue weighted by Gasteiger charge is 2.67. The van der Waals surface area contributed by atoms with Gasteiger partial charge in [0.05, 0.1) is 40.8 Å². The molecular formula is C34H26N2O5. The van der Waals surface area contributed by atoms with Crippen LogP contribution >= 0.6 is 0 Å². The van der Waals surface area contributed by atoms with E-state index in [1.807, 2.05) is 55.5 Å². The molecule has 1 saturated heterocycles. The van der Waals surface area contributed by atoms with Crippen molar-refractivity contribution in [3.05, 3.63) is 125 Å². The second-order valence-electron chi connectivity index (χ2n) is 10.5. The number of nitrogens with zero attached hydrogens (tertiary/aromatic N) is 2. The van der Waals surface area contributed by atoms with E-state index in [0.29, 0.717) is 18.0 Å². The van der Waals surface area contributed by atoms with Crippen molar-refractivity contribution in [2.45, 2.75) is 18.3 Å². The van der Waals surface area contributed by atoms with Crippen LogP contribution in [-0.4, -0.2) is 35.7 Å². The van der Waals surface area contributed by atoms with Crippen LogP contribution in [0.25, 0.3) is 0 Å². The van der Waals surface area contributed by atoms with Gasteiger partial charge < -0.3 is 9.84 Å². The molecule has 2 bridgehead atoms. The second kappa shape index (κ2) is 9.27. The Hall–Kier alpha value is -5.04. The molecule has 0 saturated carbocycles. The van der Waals surface area contributed by atoms with Gasteiger partial charge in [0.2, 0.25) is 11.8 Å². The number of aromatic carboxylic acids is 1. The topological polar surface area (TPSA) is 96.3 Å². The van der Waals surface area contributed by atoms with E-state index in [0.717, 1.165) is 22.3 Å². The average molecular weight is 543 g/mol. The number of carboxylic acids is 1. The molecule has 0 unspecified atom stereocenters. The first-order valence-electron chi connectivity index (χ1n) is 13.6. The van der Waals surface area contributed by atoms with Crippen LogP contribution in [0.1, 0.15) is 45.5 Å². The maximum absolute atomic E-state index is 14.5. The number of ether oxygens (including phenoxy) is 1. The molecule has 8 rings (SSSR count). The van der Waals surface area contributed by atoms with Gasteiger partial charge in [-0.15, -0.1) is 0 Å². The number of para-hydroxylation sites is 1. The highest BCUT2D eigenvalue weighted by atomic mass is 16.5. The van der Waals surface area contributed by atoms with Crippen molar-refractivity contribution in [1.29, 1.82) is 0 Å². The summed E-state index contributed by atoms with van der Waals surface area (Å²) in [6.07, 6.45) is 1.71. The van der Waals surface area contributed by atoms with E-state index >= 15 is 0 Å². The van der Waals surface area contributed by atoms with Crippen LogP contribution in [0.15, 0.2) is 102 Å². The lowest BCUT2D eigenvalue weighted by Gasteiger charge is -2.52. The minimum absolute atomic E-state index is 0.0626. The number of amides is 2. The van der Waals surface area contributed by atoms with Crippen LogP contribution in [0.3, 0.4) is 0 Å². The number of aliphatic imine (C=N–C) groups is 1. The molecule has 4 aromatic rings. The molecule has 202 valence electrons. The van der Waals surface area contributed by atoms with Crippen molar-refractivity contribution in [2.75, 3.05) is 11.5 Å². The molecule has 41 heavy (non-hydrogen) atoms. The quantitative estimate of drug-likeness (QED) is 0.248. The van der Waals surface area contributed by atoms with E-state index in [4.69, 9.17) is 9.73 Å². The number of carboxylic acid groups (broad SMARTS) is 1. The molecule has 1 aliphatic heterocycles. The van der Waals surface area contributed by atoms with Gasteiger partial charge in [-0.3, -0.25) is 14.6 Å². The molecule has 0 radical (unpaired) electrons. The van der Waals surface area contributed by atoms with Gasteiger partial charge in [-0.05, 0) is 65.6 Å². The number of hydrogen-bond acceptors (Lipinski definition) is 5. The van der Waals surface area contributed by atoms with Crippen molar-refractivity contribution in [3.8, 4) is 5.75 Å². The maximum atomic E-state index is 14.5. The molecule has 1 N–H and O–H groups in total. The molecule has 0 spiro atoms. The third kappa shape index (κ3) is 3.45. The molecule has 4 aliphatic rings. The van der Waals surface area contributed by atoms with E-state index in [2.05, 4.69) is 0 Å². The molecule has 7 nitrogen and oxygen atoms in total. The Bertz CT molecular complexity index is 1710. The summed E-state index contributed by atoms with van der Waals surface area (Å²) in [5.41, 5.74) is 3.56. The largest absolute Gasteiger partial charge is 0.494 e. The molecule has 4 aromatic carbocycles. The third-order valence-electron chi connectivity index (χ3n) is 8.63. The Kier molecular flexibility index (Phi) is 5.64. The number of carbonyl (C=O) groups excluding carboxylic acids is 2. The van der Waals surface area contributed by atoms with Gasteiger partial charge in [-0.1, -0.05) is 60.7 Å². The Morgan fingerprint density at radius 2 is 1.49 bits per heavy atom. The standard InChI is InChI=1S/C34H26N2O5/c1-2-41-21-17-15-20(16-18-21)36-31(37)29-28-22-9-3-6-12-25(22)34(30(29)32(36)38,26-13-7-4-10-23(26)28)19-35-27-14-8-5-11-24(27)33(39)40/h3-19,28-30H,2H2,1H3,(H,39,40)/t28?,29-,30-,34?/m1/s1. The van der Waals surface area contributed by atoms with E-state index in [9.17, 15) is 19.5 Å². The molecule has 2 amide bonds. The number of anilines is 1. The van der Waals surface area contributed by atoms with E-state index < -0.39 is 23.2 Å². The van der Waals surface area contributed by atoms with Crippen molar-refractivity contribution >= 4 is 35.4 Å². The van der Waals surface area contributed by atoms with E-state index in [-0.39, 0.29) is 29.0 Å². The molecule has 1 heterocycles. The summed E-state index contributed by atoms with van der Waals surface area (Å²) in [6.45, 7) is 2.41. The van der Waals surface area contributed by atoms with Crippen LogP contribution in [0.4, 0.5) is 11.4 Å². The Balaban J connectivity index is 1.46. The monoisotopic (exact) mass is 542 g/mol. The first-order valence-corrected chi connectivity index (χ1v) is 13.6. The van der Waals surface area contributed by atoms with Gasteiger partial charge in [0.1, 0.15) is 5.75 Å². The Labute approximate surface area is 236 Å². The molecule has 0 aromatic heterocycles. The van der Waals surface area contributed by atoms with Gasteiger partial charge in [0, 0.05) is 12.1 Å². The summed E-state index contributed by atoms with van der Waals surface area (Å²) in [4.78, 5) is 46.8. The molecule has 7 heteroatoms. The summed E-state index contributed by atoms with van der Waals surface area (Å²) in [5.74, 6) is -2.66. The summed E-state index contributed by atoms with van der Waals surface area (Å²) < 4.78 is 5.57. The van der Waals surface area contributed by atoms with E-state index in [1.165, 1.54) is 11.0 Å². The van der Waals surface area contributed by atoms with Crippen LogP contribution in [-0.2, 0) is 15.0 Å². The third-order valence-corrected chi connectivity index (χ3v) is 8.63. The lowest BCUT2D eigenvalue weighted by molar-refractivity contribution is -0.122. The van der Waals surface area contributed by atoms with Crippen LogP contribution in [0.2, 0.25) is 0 Å². The van der Waals surface area contributed by atoms with Crippen LogP contribution in [0.5, 0.6) is 5.75 Å². The molecule has 1 fully saturated rings. The number of hydrogen-bond donors (Lipinski definition) is 1. The number of rotatable bonds is 6. The smallest absolute Gasteiger partial charge is 0.337 e. The fourth-order valence-corrected chi connectivity index (χ4v) is 7.10. The summed E-state index contributed by atoms with van der Waals surface area (Å²) in [6, 6.07) is 29.4. The minimum atomic E-state index is -1.09. The van der Waals surface area contributed by atoms with Crippen LogP contribution < -0.4 is 9.64 Å².